The summed E-state index contributed by atoms with van der Waals surface area (Å²) >= 11 is 0. The molecule has 0 atom stereocenters. The molecule has 1 N–H and O–H groups in total. The minimum Gasteiger partial charge on any atom is -0.307 e. The zero-order valence-corrected chi connectivity index (χ0v) is 11.2. The van der Waals surface area contributed by atoms with Crippen molar-refractivity contribution in [1.29, 1.82) is 0 Å². The summed E-state index contributed by atoms with van der Waals surface area (Å²) in [6, 6.07) is 10.6. The number of aryl methyl sites for hydroxylation is 1. The van der Waals surface area contributed by atoms with Crippen molar-refractivity contribution >= 4 is 10.9 Å². The van der Waals surface area contributed by atoms with Gasteiger partial charge in [-0.3, -0.25) is 4.98 Å². The molecular formula is C16H20N2. The van der Waals surface area contributed by atoms with E-state index < -0.39 is 0 Å². The standard InChI is InChI=1S/C16H20N2/c1-12-10-13(11-17-16(2)8-5-9-16)14-6-3-4-7-15(14)18-12/h3-4,6-7,10,17H,5,8-9,11H2,1-2H3. The molecule has 18 heavy (non-hydrogen) atoms. The molecule has 1 aromatic heterocycles. The number of para-hydroxylation sites is 1. The molecule has 1 saturated carbocycles. The summed E-state index contributed by atoms with van der Waals surface area (Å²) in [5.41, 5.74) is 3.93. The van der Waals surface area contributed by atoms with Crippen LogP contribution in [0.3, 0.4) is 0 Å². The van der Waals surface area contributed by atoms with Gasteiger partial charge in [0.1, 0.15) is 0 Å². The van der Waals surface area contributed by atoms with Crippen molar-refractivity contribution in [3.8, 4) is 0 Å². The molecule has 1 heterocycles. The van der Waals surface area contributed by atoms with Gasteiger partial charge in [-0.2, -0.15) is 0 Å². The lowest BCUT2D eigenvalue weighted by molar-refractivity contribution is 0.207. The van der Waals surface area contributed by atoms with Crippen molar-refractivity contribution in [2.45, 2.75) is 45.2 Å². The van der Waals surface area contributed by atoms with Gasteiger partial charge in [-0.05, 0) is 50.8 Å². The summed E-state index contributed by atoms with van der Waals surface area (Å²) in [7, 11) is 0. The number of nitrogens with zero attached hydrogens (tertiary/aromatic N) is 1. The first-order valence-corrected chi connectivity index (χ1v) is 6.77. The van der Waals surface area contributed by atoms with Gasteiger partial charge in [0.05, 0.1) is 5.52 Å². The Morgan fingerprint density at radius 1 is 1.28 bits per heavy atom. The van der Waals surface area contributed by atoms with Gasteiger partial charge in [0, 0.05) is 23.2 Å². The fourth-order valence-electron chi connectivity index (χ4n) is 2.73. The summed E-state index contributed by atoms with van der Waals surface area (Å²) in [4.78, 5) is 4.59. The van der Waals surface area contributed by atoms with E-state index in [-0.39, 0.29) is 0 Å². The SMILES string of the molecule is Cc1cc(CNC2(C)CCC2)c2ccccc2n1. The monoisotopic (exact) mass is 240 g/mol. The van der Waals surface area contributed by atoms with Crippen molar-refractivity contribution in [3.05, 3.63) is 41.6 Å². The molecular weight excluding hydrogens is 220 g/mol. The number of benzene rings is 1. The van der Waals surface area contributed by atoms with Crippen LogP contribution < -0.4 is 5.32 Å². The maximum atomic E-state index is 4.59. The highest BCUT2D eigenvalue weighted by Gasteiger charge is 2.30. The van der Waals surface area contributed by atoms with Crippen LogP contribution in [0, 0.1) is 6.92 Å². The van der Waals surface area contributed by atoms with Crippen LogP contribution in [0.15, 0.2) is 30.3 Å². The van der Waals surface area contributed by atoms with Crippen molar-refractivity contribution in [3.63, 3.8) is 0 Å². The van der Waals surface area contributed by atoms with E-state index in [0.717, 1.165) is 17.8 Å². The zero-order chi connectivity index (χ0) is 12.6. The molecule has 0 spiro atoms. The Hall–Kier alpha value is -1.41. The highest BCUT2D eigenvalue weighted by atomic mass is 15.0. The third-order valence-electron chi connectivity index (χ3n) is 4.09. The molecule has 0 saturated heterocycles. The van der Waals surface area contributed by atoms with Crippen LogP contribution in [-0.2, 0) is 6.54 Å². The van der Waals surface area contributed by atoms with Crippen LogP contribution in [-0.4, -0.2) is 10.5 Å². The second-order valence-electron chi connectivity index (χ2n) is 5.71. The van der Waals surface area contributed by atoms with Gasteiger partial charge in [0.15, 0.2) is 0 Å². The average Bonchev–Trinajstić information content (AvgIpc) is 2.33. The Morgan fingerprint density at radius 2 is 2.06 bits per heavy atom. The van der Waals surface area contributed by atoms with Gasteiger partial charge in [-0.15, -0.1) is 0 Å². The molecule has 2 heteroatoms. The summed E-state index contributed by atoms with van der Waals surface area (Å²) in [5, 5.41) is 4.98. The van der Waals surface area contributed by atoms with Gasteiger partial charge < -0.3 is 5.32 Å². The Morgan fingerprint density at radius 3 is 2.78 bits per heavy atom. The van der Waals surface area contributed by atoms with E-state index in [9.17, 15) is 0 Å². The van der Waals surface area contributed by atoms with Gasteiger partial charge in [-0.25, -0.2) is 0 Å². The summed E-state index contributed by atoms with van der Waals surface area (Å²) in [5.74, 6) is 0. The number of hydrogen-bond acceptors (Lipinski definition) is 2. The molecule has 1 aliphatic rings. The Kier molecular flexibility index (Phi) is 2.83. The summed E-state index contributed by atoms with van der Waals surface area (Å²) in [6.45, 7) is 5.34. The second-order valence-corrected chi connectivity index (χ2v) is 5.71. The van der Waals surface area contributed by atoms with Crippen LogP contribution in [0.25, 0.3) is 10.9 Å². The van der Waals surface area contributed by atoms with Gasteiger partial charge in [0.2, 0.25) is 0 Å². The molecule has 1 aromatic carbocycles. The predicted molar refractivity (Wildman–Crippen MR) is 75.6 cm³/mol. The maximum absolute atomic E-state index is 4.59. The summed E-state index contributed by atoms with van der Waals surface area (Å²) < 4.78 is 0. The molecule has 0 radical (unpaired) electrons. The average molecular weight is 240 g/mol. The van der Waals surface area contributed by atoms with E-state index in [0.29, 0.717) is 5.54 Å². The molecule has 0 bridgehead atoms. The highest BCUT2D eigenvalue weighted by Crippen LogP contribution is 2.31. The third kappa shape index (κ3) is 2.13. The van der Waals surface area contributed by atoms with Gasteiger partial charge >= 0.3 is 0 Å². The number of nitrogens with one attached hydrogen (secondary N) is 1. The Labute approximate surface area is 108 Å². The van der Waals surface area contributed by atoms with Crippen LogP contribution in [0.2, 0.25) is 0 Å². The molecule has 2 nitrogen and oxygen atoms in total. The lowest BCUT2D eigenvalue weighted by Crippen LogP contribution is -2.47. The largest absolute Gasteiger partial charge is 0.307 e. The van der Waals surface area contributed by atoms with Crippen LogP contribution in [0.4, 0.5) is 0 Å². The number of hydrogen-bond donors (Lipinski definition) is 1. The first-order chi connectivity index (χ1) is 8.66. The van der Waals surface area contributed by atoms with Crippen LogP contribution in [0.5, 0.6) is 0 Å². The summed E-state index contributed by atoms with van der Waals surface area (Å²) in [6.07, 6.45) is 3.96. The minimum atomic E-state index is 0.359. The lowest BCUT2D eigenvalue weighted by Gasteiger charge is -2.39. The molecule has 1 fully saturated rings. The molecule has 1 aliphatic carbocycles. The van der Waals surface area contributed by atoms with E-state index >= 15 is 0 Å². The molecule has 94 valence electrons. The molecule has 0 unspecified atom stereocenters. The lowest BCUT2D eigenvalue weighted by atomic mass is 9.78. The van der Waals surface area contributed by atoms with Gasteiger partial charge in [0.25, 0.3) is 0 Å². The van der Waals surface area contributed by atoms with E-state index in [1.807, 2.05) is 0 Å². The number of aromatic nitrogens is 1. The van der Waals surface area contributed by atoms with Gasteiger partial charge in [-0.1, -0.05) is 18.2 Å². The topological polar surface area (TPSA) is 24.9 Å². The molecule has 0 amide bonds. The van der Waals surface area contributed by atoms with E-state index in [4.69, 9.17) is 0 Å². The highest BCUT2D eigenvalue weighted by molar-refractivity contribution is 5.82. The minimum absolute atomic E-state index is 0.359. The first-order valence-electron chi connectivity index (χ1n) is 6.77. The molecule has 3 rings (SSSR count). The number of fused-ring (bicyclic) bond motifs is 1. The second kappa shape index (κ2) is 4.36. The van der Waals surface area contributed by atoms with Crippen LogP contribution in [0.1, 0.15) is 37.4 Å². The third-order valence-corrected chi connectivity index (χ3v) is 4.09. The van der Waals surface area contributed by atoms with E-state index in [2.05, 4.69) is 54.5 Å². The fourth-order valence-corrected chi connectivity index (χ4v) is 2.73. The zero-order valence-electron chi connectivity index (χ0n) is 11.2. The van der Waals surface area contributed by atoms with E-state index in [1.54, 1.807) is 0 Å². The van der Waals surface area contributed by atoms with Crippen molar-refractivity contribution in [1.82, 2.24) is 10.3 Å². The molecule has 2 aromatic rings. The Bertz CT molecular complexity index is 570. The fraction of sp³-hybridized carbons (Fsp3) is 0.438. The smallest absolute Gasteiger partial charge is 0.0708 e. The number of pyridine rings is 1. The Balaban J connectivity index is 1.90. The normalized spacial score (nSPS) is 17.7. The first kappa shape index (κ1) is 11.7. The van der Waals surface area contributed by atoms with E-state index in [1.165, 1.54) is 30.2 Å². The number of rotatable bonds is 3. The maximum Gasteiger partial charge on any atom is 0.0708 e. The van der Waals surface area contributed by atoms with Crippen molar-refractivity contribution in [2.24, 2.45) is 0 Å². The molecule has 0 aliphatic heterocycles. The van der Waals surface area contributed by atoms with Crippen molar-refractivity contribution in [2.75, 3.05) is 0 Å². The quantitative estimate of drug-likeness (QED) is 0.887. The predicted octanol–water partition coefficient (Wildman–Crippen LogP) is 3.58. The van der Waals surface area contributed by atoms with Crippen molar-refractivity contribution < 1.29 is 0 Å². The van der Waals surface area contributed by atoms with Crippen LogP contribution >= 0.6 is 0 Å².